The van der Waals surface area contributed by atoms with E-state index in [4.69, 9.17) is 4.74 Å². The first-order valence-corrected chi connectivity index (χ1v) is 9.67. The molecule has 3 atom stereocenters. The van der Waals surface area contributed by atoms with Crippen LogP contribution < -0.4 is 4.74 Å². The summed E-state index contributed by atoms with van der Waals surface area (Å²) >= 11 is 0. The number of hydrogen-bond donors (Lipinski definition) is 1. The van der Waals surface area contributed by atoms with Gasteiger partial charge in [-0.2, -0.15) is 0 Å². The Morgan fingerprint density at radius 3 is 2.89 bits per heavy atom. The van der Waals surface area contributed by atoms with Crippen LogP contribution in [0.25, 0.3) is 0 Å². The fraction of sp³-hybridized carbons (Fsp3) is 0.619. The highest BCUT2D eigenvalue weighted by Gasteiger charge is 2.45. The first kappa shape index (κ1) is 19.5. The van der Waals surface area contributed by atoms with Crippen molar-refractivity contribution in [1.82, 2.24) is 0 Å². The van der Waals surface area contributed by atoms with E-state index in [1.165, 1.54) is 5.57 Å². The number of phenols is 1. The zero-order valence-corrected chi connectivity index (χ0v) is 16.5. The van der Waals surface area contributed by atoms with Crippen LogP contribution in [0.4, 0.5) is 0 Å². The maximum atomic E-state index is 10.8. The number of hydrogen-bond acceptors (Lipinski definition) is 5. The molecular weight excluding hydrogens is 346 g/mol. The Balaban J connectivity index is 1.83. The molecule has 0 saturated heterocycles. The van der Waals surface area contributed by atoms with Crippen LogP contribution in [0, 0.1) is 16.0 Å². The molecular formula is C21H29NO5. The maximum Gasteiger partial charge on any atom is 0.294 e. The number of benzene rings is 1. The zero-order valence-electron chi connectivity index (χ0n) is 16.5. The summed E-state index contributed by atoms with van der Waals surface area (Å²) in [5, 5.41) is 20.3. The van der Waals surface area contributed by atoms with Gasteiger partial charge in [-0.3, -0.25) is 0 Å². The van der Waals surface area contributed by atoms with Crippen molar-refractivity contribution in [2.75, 3.05) is 6.61 Å². The van der Waals surface area contributed by atoms with E-state index < -0.39 is 5.09 Å². The molecule has 0 radical (unpaired) electrons. The van der Waals surface area contributed by atoms with Crippen molar-refractivity contribution in [2.45, 2.75) is 70.8 Å². The van der Waals surface area contributed by atoms with E-state index in [9.17, 15) is 15.2 Å². The van der Waals surface area contributed by atoms with E-state index >= 15 is 0 Å². The van der Waals surface area contributed by atoms with Gasteiger partial charge in [-0.25, -0.2) is 0 Å². The van der Waals surface area contributed by atoms with Gasteiger partial charge in [-0.05, 0) is 70.1 Å². The largest absolute Gasteiger partial charge is 0.508 e. The Morgan fingerprint density at radius 2 is 2.19 bits per heavy atom. The van der Waals surface area contributed by atoms with Crippen molar-refractivity contribution >= 4 is 0 Å². The van der Waals surface area contributed by atoms with Crippen LogP contribution in [0.1, 0.15) is 76.3 Å². The minimum atomic E-state index is -0.762. The second-order valence-corrected chi connectivity index (χ2v) is 8.46. The second-order valence-electron chi connectivity index (χ2n) is 8.46. The Labute approximate surface area is 160 Å². The highest BCUT2D eigenvalue weighted by Crippen LogP contribution is 2.54. The molecule has 1 aliphatic carbocycles. The van der Waals surface area contributed by atoms with E-state index in [1.54, 1.807) is 0 Å². The topological polar surface area (TPSA) is 81.8 Å². The van der Waals surface area contributed by atoms with Crippen molar-refractivity contribution in [3.05, 3.63) is 45.0 Å². The standard InChI is InChI=1S/C21H29NO5/c1-13-7-8-17-16(10-13)20-18(23)11-15(12-19(20)27-21(17,3)4)14(2)6-5-9-26-22(24)25/h7,11-12,14,16-17,23H,5-6,8-10H2,1-4H3/t14?,16-,17-/m1/s1. The molecule has 1 aliphatic heterocycles. The third kappa shape index (κ3) is 4.04. The average Bonchev–Trinajstić information content (AvgIpc) is 2.56. The Hall–Kier alpha value is -2.24. The summed E-state index contributed by atoms with van der Waals surface area (Å²) in [6.07, 6.45) is 5.53. The molecule has 1 N–H and O–H groups in total. The van der Waals surface area contributed by atoms with Gasteiger partial charge in [0.1, 0.15) is 17.1 Å². The third-order valence-corrected chi connectivity index (χ3v) is 6.07. The van der Waals surface area contributed by atoms with Crippen LogP contribution in [-0.4, -0.2) is 22.4 Å². The van der Waals surface area contributed by atoms with E-state index in [2.05, 4.69) is 38.6 Å². The number of rotatable bonds is 6. The lowest BCUT2D eigenvalue weighted by molar-refractivity contribution is -0.757. The predicted octanol–water partition coefficient (Wildman–Crippen LogP) is 5.10. The van der Waals surface area contributed by atoms with Gasteiger partial charge in [0, 0.05) is 17.4 Å². The van der Waals surface area contributed by atoms with Crippen LogP contribution in [0.15, 0.2) is 23.8 Å². The summed E-state index contributed by atoms with van der Waals surface area (Å²) in [5.41, 5.74) is 2.99. The monoisotopic (exact) mass is 375 g/mol. The fourth-order valence-corrected chi connectivity index (χ4v) is 4.57. The SMILES string of the molecule is CC1=CC[C@@H]2[C@@H](C1)c1c(O)cc(C(C)CCCO[N+](=O)[O-])cc1OC2(C)C. The molecule has 0 bridgehead atoms. The Morgan fingerprint density at radius 1 is 1.44 bits per heavy atom. The first-order valence-electron chi connectivity index (χ1n) is 9.67. The summed E-state index contributed by atoms with van der Waals surface area (Å²) in [6, 6.07) is 3.88. The molecule has 0 spiro atoms. The Kier molecular flexibility index (Phi) is 5.36. The number of fused-ring (bicyclic) bond motifs is 3. The quantitative estimate of drug-likeness (QED) is 0.324. The lowest BCUT2D eigenvalue weighted by Crippen LogP contribution is -2.45. The molecule has 6 heteroatoms. The second kappa shape index (κ2) is 7.41. The molecule has 0 saturated carbocycles. The lowest BCUT2D eigenvalue weighted by Gasteiger charge is -2.47. The van der Waals surface area contributed by atoms with Crippen molar-refractivity contribution in [2.24, 2.45) is 5.92 Å². The van der Waals surface area contributed by atoms with Gasteiger partial charge in [-0.15, -0.1) is 10.1 Å². The number of nitrogens with zero attached hydrogens (tertiary/aromatic N) is 1. The molecule has 148 valence electrons. The molecule has 0 aromatic heterocycles. The van der Waals surface area contributed by atoms with Crippen molar-refractivity contribution in [3.63, 3.8) is 0 Å². The fourth-order valence-electron chi connectivity index (χ4n) is 4.57. The van der Waals surface area contributed by atoms with Crippen LogP contribution >= 0.6 is 0 Å². The molecule has 3 rings (SSSR count). The van der Waals surface area contributed by atoms with E-state index in [0.29, 0.717) is 18.1 Å². The van der Waals surface area contributed by atoms with Crippen molar-refractivity contribution in [1.29, 1.82) is 0 Å². The van der Waals surface area contributed by atoms with Gasteiger partial charge in [0.15, 0.2) is 0 Å². The third-order valence-electron chi connectivity index (χ3n) is 6.07. The molecule has 1 aromatic rings. The average molecular weight is 375 g/mol. The van der Waals surface area contributed by atoms with Gasteiger partial charge >= 0.3 is 0 Å². The lowest BCUT2D eigenvalue weighted by atomic mass is 9.67. The van der Waals surface area contributed by atoms with Crippen molar-refractivity contribution in [3.8, 4) is 11.5 Å². The molecule has 1 heterocycles. The van der Waals surface area contributed by atoms with Crippen LogP contribution in [0.2, 0.25) is 0 Å². The smallest absolute Gasteiger partial charge is 0.294 e. The molecule has 27 heavy (non-hydrogen) atoms. The number of ether oxygens (including phenoxy) is 1. The van der Waals surface area contributed by atoms with Gasteiger partial charge < -0.3 is 14.7 Å². The minimum Gasteiger partial charge on any atom is -0.508 e. The minimum absolute atomic E-state index is 0.0904. The Bertz CT molecular complexity index is 755. The summed E-state index contributed by atoms with van der Waals surface area (Å²) < 4.78 is 6.35. The predicted molar refractivity (Wildman–Crippen MR) is 103 cm³/mol. The zero-order chi connectivity index (χ0) is 19.8. The molecule has 0 amide bonds. The summed E-state index contributed by atoms with van der Waals surface area (Å²) in [4.78, 5) is 14.6. The maximum absolute atomic E-state index is 10.8. The number of aromatic hydroxyl groups is 1. The van der Waals surface area contributed by atoms with Gasteiger partial charge in [-0.1, -0.05) is 18.6 Å². The number of allylic oxidation sites excluding steroid dienone is 2. The highest BCUT2D eigenvalue weighted by atomic mass is 16.9. The normalized spacial score (nSPS) is 24.1. The molecule has 2 aliphatic rings. The van der Waals surface area contributed by atoms with Gasteiger partial charge in [0.25, 0.3) is 5.09 Å². The summed E-state index contributed by atoms with van der Waals surface area (Å²) in [7, 11) is 0. The molecule has 1 aromatic carbocycles. The van der Waals surface area contributed by atoms with E-state index in [1.807, 2.05) is 12.1 Å². The molecule has 1 unspecified atom stereocenters. The molecule has 6 nitrogen and oxygen atoms in total. The van der Waals surface area contributed by atoms with E-state index in [0.717, 1.165) is 36.1 Å². The van der Waals surface area contributed by atoms with Crippen LogP contribution in [-0.2, 0) is 4.84 Å². The first-order chi connectivity index (χ1) is 12.7. The van der Waals surface area contributed by atoms with Gasteiger partial charge in [0.2, 0.25) is 0 Å². The van der Waals surface area contributed by atoms with E-state index in [-0.39, 0.29) is 24.0 Å². The summed E-state index contributed by atoms with van der Waals surface area (Å²) in [5.74, 6) is 1.85. The van der Waals surface area contributed by atoms with Crippen LogP contribution in [0.5, 0.6) is 11.5 Å². The van der Waals surface area contributed by atoms with Crippen LogP contribution in [0.3, 0.4) is 0 Å². The highest BCUT2D eigenvalue weighted by molar-refractivity contribution is 5.53. The number of phenolic OH excluding ortho intramolecular Hbond substituents is 1. The summed E-state index contributed by atoms with van der Waals surface area (Å²) in [6.45, 7) is 8.55. The van der Waals surface area contributed by atoms with Crippen molar-refractivity contribution < 1.29 is 19.8 Å². The molecule has 0 fully saturated rings. The van der Waals surface area contributed by atoms with Gasteiger partial charge in [0.05, 0.1) is 6.61 Å².